The normalized spacial score (nSPS) is 13.0. The van der Waals surface area contributed by atoms with Crippen LogP contribution in [0, 0.1) is 0 Å². The molecule has 0 aromatic carbocycles. The van der Waals surface area contributed by atoms with Crippen LogP contribution in [0.5, 0.6) is 0 Å². The molecule has 0 aliphatic carbocycles. The van der Waals surface area contributed by atoms with Crippen molar-refractivity contribution < 1.29 is 28.6 Å². The van der Waals surface area contributed by atoms with E-state index in [0.717, 1.165) is 122 Å². The van der Waals surface area contributed by atoms with Gasteiger partial charge in [0.05, 0.1) is 0 Å². The molecule has 6 nitrogen and oxygen atoms in total. The quantitative estimate of drug-likeness (QED) is 0.0261. The minimum absolute atomic E-state index is 0.107. The molecule has 1 atom stereocenters. The van der Waals surface area contributed by atoms with Gasteiger partial charge in [-0.05, 0) is 135 Å². The Kier molecular flexibility index (Phi) is 56.9. The minimum atomic E-state index is -0.815. The van der Waals surface area contributed by atoms with Crippen molar-refractivity contribution in [3.63, 3.8) is 0 Å². The lowest BCUT2D eigenvalue weighted by Crippen LogP contribution is -2.30. The maximum Gasteiger partial charge on any atom is 0.306 e. The van der Waals surface area contributed by atoms with Crippen molar-refractivity contribution in [3.8, 4) is 0 Å². The highest BCUT2D eigenvalue weighted by Crippen LogP contribution is 2.14. The predicted molar refractivity (Wildman–Crippen MR) is 316 cm³/mol. The standard InChI is InChI=1S/C67H110O6/c1-4-7-10-13-16-19-22-25-28-31-33-36-39-42-45-48-51-54-57-60-66(69)72-63-64(62-71-65(68)59-56-53-50-47-44-41-38-35-30-27-24-21-18-15-12-9-6-3)73-67(70)61-58-55-52-49-46-43-40-37-34-32-29-26-23-20-17-14-11-8-5-2/h7,10,16-17,19-20,25-30,33-34,36-37,42-43,45-46,64H,4-6,8-9,11-15,18,21-24,31-32,35,38-41,44,47-63H2,1-3H3/b10-7-,19-16-,20-17-,28-25-,29-26-,30-27-,36-33-,37-34-,45-42-,46-43-/t64-/m0/s1. The number of hydrogen-bond donors (Lipinski definition) is 0. The van der Waals surface area contributed by atoms with Crippen LogP contribution in [0.25, 0.3) is 0 Å². The monoisotopic (exact) mass is 1010 g/mol. The molecule has 0 saturated carbocycles. The summed E-state index contributed by atoms with van der Waals surface area (Å²) in [5.74, 6) is -0.974. The summed E-state index contributed by atoms with van der Waals surface area (Å²) in [4.78, 5) is 38.2. The SMILES string of the molecule is CC/C=C\C/C=C\C/C=C\C/C=C\C/C=C\CCCCCC(=O)OC[C@H](COC(=O)CCCCCCCCC/C=C\CCCCCCCC)OC(=O)CCCCC/C=C\C/C=C\C/C=C\C/C=C\CCCCC. The number of unbranched alkanes of at least 4 members (excludes halogenated alkanes) is 22. The molecule has 0 heterocycles. The third-order valence-electron chi connectivity index (χ3n) is 12.4. The Bertz CT molecular complexity index is 1540. The summed E-state index contributed by atoms with van der Waals surface area (Å²) in [6.07, 6.45) is 83.3. The highest BCUT2D eigenvalue weighted by Gasteiger charge is 2.19. The van der Waals surface area contributed by atoms with Crippen molar-refractivity contribution in [2.75, 3.05) is 13.2 Å². The Morgan fingerprint density at radius 2 is 0.534 bits per heavy atom. The first-order valence-electron chi connectivity index (χ1n) is 30.0. The van der Waals surface area contributed by atoms with Crippen LogP contribution >= 0.6 is 0 Å². The molecule has 0 spiro atoms. The number of rotatable bonds is 53. The Labute approximate surface area is 450 Å². The van der Waals surface area contributed by atoms with Gasteiger partial charge in [-0.25, -0.2) is 0 Å². The van der Waals surface area contributed by atoms with E-state index in [1.54, 1.807) is 0 Å². The van der Waals surface area contributed by atoms with Crippen LogP contribution in [-0.4, -0.2) is 37.2 Å². The summed E-state index contributed by atoms with van der Waals surface area (Å²) in [5.41, 5.74) is 0. The summed E-state index contributed by atoms with van der Waals surface area (Å²) in [6.45, 7) is 6.44. The Morgan fingerprint density at radius 3 is 0.890 bits per heavy atom. The second-order valence-electron chi connectivity index (χ2n) is 19.5. The molecule has 0 unspecified atom stereocenters. The summed E-state index contributed by atoms with van der Waals surface area (Å²) in [5, 5.41) is 0. The average molecular weight is 1010 g/mol. The van der Waals surface area contributed by atoms with Gasteiger partial charge < -0.3 is 14.2 Å². The van der Waals surface area contributed by atoms with Gasteiger partial charge in [0.25, 0.3) is 0 Å². The van der Waals surface area contributed by atoms with E-state index in [4.69, 9.17) is 14.2 Å². The summed E-state index contributed by atoms with van der Waals surface area (Å²) < 4.78 is 16.8. The van der Waals surface area contributed by atoms with E-state index in [-0.39, 0.29) is 37.5 Å². The van der Waals surface area contributed by atoms with Crippen molar-refractivity contribution in [2.24, 2.45) is 0 Å². The van der Waals surface area contributed by atoms with E-state index < -0.39 is 6.10 Å². The van der Waals surface area contributed by atoms with Gasteiger partial charge >= 0.3 is 17.9 Å². The number of ether oxygens (including phenoxy) is 3. The zero-order valence-corrected chi connectivity index (χ0v) is 47.4. The Hall–Kier alpha value is -4.19. The zero-order chi connectivity index (χ0) is 52.9. The lowest BCUT2D eigenvalue weighted by molar-refractivity contribution is -0.167. The third-order valence-corrected chi connectivity index (χ3v) is 12.4. The summed E-state index contributed by atoms with van der Waals surface area (Å²) in [6, 6.07) is 0. The lowest BCUT2D eigenvalue weighted by Gasteiger charge is -2.18. The molecule has 0 bridgehead atoms. The average Bonchev–Trinajstić information content (AvgIpc) is 3.39. The van der Waals surface area contributed by atoms with Crippen molar-refractivity contribution in [3.05, 3.63) is 122 Å². The first kappa shape index (κ1) is 68.8. The molecule has 0 aromatic rings. The second-order valence-corrected chi connectivity index (χ2v) is 19.5. The van der Waals surface area contributed by atoms with Crippen LogP contribution in [-0.2, 0) is 28.6 Å². The van der Waals surface area contributed by atoms with Gasteiger partial charge in [-0.2, -0.15) is 0 Å². The van der Waals surface area contributed by atoms with Gasteiger partial charge in [0, 0.05) is 19.3 Å². The minimum Gasteiger partial charge on any atom is -0.462 e. The highest BCUT2D eigenvalue weighted by atomic mass is 16.6. The summed E-state index contributed by atoms with van der Waals surface area (Å²) >= 11 is 0. The van der Waals surface area contributed by atoms with Crippen LogP contribution in [0.1, 0.15) is 265 Å². The number of esters is 3. The van der Waals surface area contributed by atoms with Gasteiger partial charge in [0.15, 0.2) is 6.10 Å². The van der Waals surface area contributed by atoms with Gasteiger partial charge in [0.1, 0.15) is 13.2 Å². The number of allylic oxidation sites excluding steroid dienone is 20. The number of carbonyl (C=O) groups is 3. The molecular weight excluding hydrogens is 901 g/mol. The molecule has 0 N–H and O–H groups in total. The van der Waals surface area contributed by atoms with Gasteiger partial charge in [0.2, 0.25) is 0 Å². The number of carbonyl (C=O) groups excluding carboxylic acids is 3. The second kappa shape index (κ2) is 60.4. The van der Waals surface area contributed by atoms with E-state index in [1.807, 2.05) is 0 Å². The summed E-state index contributed by atoms with van der Waals surface area (Å²) in [7, 11) is 0. The van der Waals surface area contributed by atoms with E-state index in [9.17, 15) is 14.4 Å². The van der Waals surface area contributed by atoms with E-state index >= 15 is 0 Å². The van der Waals surface area contributed by atoms with E-state index in [0.29, 0.717) is 12.8 Å². The van der Waals surface area contributed by atoms with Crippen LogP contribution < -0.4 is 0 Å². The van der Waals surface area contributed by atoms with Crippen molar-refractivity contribution in [1.29, 1.82) is 0 Å². The molecule has 0 rings (SSSR count). The van der Waals surface area contributed by atoms with Crippen molar-refractivity contribution in [1.82, 2.24) is 0 Å². The maximum absolute atomic E-state index is 12.9. The molecule has 414 valence electrons. The molecule has 0 aromatic heterocycles. The number of hydrogen-bond acceptors (Lipinski definition) is 6. The molecule has 73 heavy (non-hydrogen) atoms. The van der Waals surface area contributed by atoms with Crippen LogP contribution in [0.2, 0.25) is 0 Å². The van der Waals surface area contributed by atoms with E-state index in [2.05, 4.69) is 142 Å². The molecule has 0 aliphatic rings. The fourth-order valence-corrected chi connectivity index (χ4v) is 7.92. The predicted octanol–water partition coefficient (Wildman–Crippen LogP) is 20.4. The first-order valence-corrected chi connectivity index (χ1v) is 30.0. The Morgan fingerprint density at radius 1 is 0.288 bits per heavy atom. The fourth-order valence-electron chi connectivity index (χ4n) is 7.92. The van der Waals surface area contributed by atoms with Gasteiger partial charge in [-0.3, -0.25) is 14.4 Å². The van der Waals surface area contributed by atoms with Crippen molar-refractivity contribution in [2.45, 2.75) is 271 Å². The van der Waals surface area contributed by atoms with Crippen LogP contribution in [0.4, 0.5) is 0 Å². The molecule has 0 fully saturated rings. The molecular formula is C67H110O6. The van der Waals surface area contributed by atoms with Crippen LogP contribution in [0.15, 0.2) is 122 Å². The molecule has 0 radical (unpaired) electrons. The van der Waals surface area contributed by atoms with Crippen molar-refractivity contribution >= 4 is 17.9 Å². The fraction of sp³-hybridized carbons (Fsp3) is 0.657. The topological polar surface area (TPSA) is 78.9 Å². The molecule has 0 amide bonds. The maximum atomic E-state index is 12.9. The zero-order valence-electron chi connectivity index (χ0n) is 47.4. The van der Waals surface area contributed by atoms with Gasteiger partial charge in [-0.1, -0.05) is 232 Å². The lowest BCUT2D eigenvalue weighted by atomic mass is 10.1. The Balaban J connectivity index is 4.53. The van der Waals surface area contributed by atoms with Crippen LogP contribution in [0.3, 0.4) is 0 Å². The van der Waals surface area contributed by atoms with Gasteiger partial charge in [-0.15, -0.1) is 0 Å². The molecule has 0 saturated heterocycles. The first-order chi connectivity index (χ1) is 36.0. The molecule has 0 aliphatic heterocycles. The van der Waals surface area contributed by atoms with E-state index in [1.165, 1.54) is 103 Å². The highest BCUT2D eigenvalue weighted by molar-refractivity contribution is 5.71. The third kappa shape index (κ3) is 58.6. The largest absolute Gasteiger partial charge is 0.462 e. The smallest absolute Gasteiger partial charge is 0.306 e. The molecule has 6 heteroatoms.